The molecule has 0 saturated carbocycles. The highest BCUT2D eigenvalue weighted by molar-refractivity contribution is 7.99. The smallest absolute Gasteiger partial charge is 0.289 e. The molecule has 4 heteroatoms. The van der Waals surface area contributed by atoms with E-state index in [1.807, 2.05) is 29.7 Å². The molecule has 0 N–H and O–H groups in total. The first-order valence-electron chi connectivity index (χ1n) is 5.27. The molecule has 0 atom stereocenters. The Hall–Kier alpha value is -0.900. The third-order valence-corrected chi connectivity index (χ3v) is 3.46. The van der Waals surface area contributed by atoms with Gasteiger partial charge in [0.2, 0.25) is 0 Å². The van der Waals surface area contributed by atoms with Gasteiger partial charge in [0, 0.05) is 31.0 Å². The average molecular weight is 225 g/mol. The number of rotatable bonds is 2. The highest BCUT2D eigenvalue weighted by Gasteiger charge is 2.20. The molecule has 1 saturated heterocycles. The maximum absolute atomic E-state index is 12.0. The van der Waals surface area contributed by atoms with Crippen molar-refractivity contribution in [1.29, 1.82) is 0 Å². The first-order valence-corrected chi connectivity index (χ1v) is 6.42. The van der Waals surface area contributed by atoms with Gasteiger partial charge in [0.15, 0.2) is 5.76 Å². The zero-order valence-corrected chi connectivity index (χ0v) is 9.68. The van der Waals surface area contributed by atoms with Gasteiger partial charge < -0.3 is 9.32 Å². The molecule has 1 aliphatic heterocycles. The fourth-order valence-corrected chi connectivity index (χ4v) is 2.51. The lowest BCUT2D eigenvalue weighted by Crippen LogP contribution is -2.37. The van der Waals surface area contributed by atoms with Crippen LogP contribution in [0.15, 0.2) is 16.5 Å². The summed E-state index contributed by atoms with van der Waals surface area (Å²) in [6, 6.07) is 3.66. The summed E-state index contributed by atoms with van der Waals surface area (Å²) in [6.07, 6.45) is 0.836. The Kier molecular flexibility index (Phi) is 3.36. The molecule has 2 rings (SSSR count). The lowest BCUT2D eigenvalue weighted by Gasteiger charge is -2.25. The summed E-state index contributed by atoms with van der Waals surface area (Å²) in [6.45, 7) is 3.70. The van der Waals surface area contributed by atoms with E-state index >= 15 is 0 Å². The van der Waals surface area contributed by atoms with Gasteiger partial charge in [-0.05, 0) is 12.1 Å². The molecule has 2 heterocycles. The van der Waals surface area contributed by atoms with E-state index in [0.717, 1.165) is 36.8 Å². The average Bonchev–Trinajstić information content (AvgIpc) is 2.78. The Morgan fingerprint density at radius 3 is 2.80 bits per heavy atom. The van der Waals surface area contributed by atoms with Crippen LogP contribution >= 0.6 is 11.8 Å². The highest BCUT2D eigenvalue weighted by atomic mass is 32.2. The largest absolute Gasteiger partial charge is 0.456 e. The van der Waals surface area contributed by atoms with Gasteiger partial charge in [0.1, 0.15) is 5.76 Å². The number of furan rings is 1. The number of amides is 1. The number of hydrogen-bond acceptors (Lipinski definition) is 3. The monoisotopic (exact) mass is 225 g/mol. The lowest BCUT2D eigenvalue weighted by molar-refractivity contribution is 0.0738. The van der Waals surface area contributed by atoms with E-state index < -0.39 is 0 Å². The summed E-state index contributed by atoms with van der Waals surface area (Å²) >= 11 is 1.90. The molecule has 82 valence electrons. The maximum atomic E-state index is 12.0. The molecule has 1 fully saturated rings. The minimum atomic E-state index is 0.0370. The molecule has 15 heavy (non-hydrogen) atoms. The van der Waals surface area contributed by atoms with Crippen molar-refractivity contribution in [2.75, 3.05) is 24.6 Å². The molecule has 0 aromatic carbocycles. The number of hydrogen-bond donors (Lipinski definition) is 0. The van der Waals surface area contributed by atoms with Crippen molar-refractivity contribution < 1.29 is 9.21 Å². The molecule has 0 unspecified atom stereocenters. The second kappa shape index (κ2) is 4.75. The molecule has 0 radical (unpaired) electrons. The van der Waals surface area contributed by atoms with Crippen LogP contribution in [0.25, 0.3) is 0 Å². The second-order valence-corrected chi connectivity index (χ2v) is 4.75. The van der Waals surface area contributed by atoms with E-state index in [-0.39, 0.29) is 5.91 Å². The third kappa shape index (κ3) is 2.37. The Morgan fingerprint density at radius 1 is 1.47 bits per heavy atom. The van der Waals surface area contributed by atoms with Crippen molar-refractivity contribution in [2.24, 2.45) is 0 Å². The van der Waals surface area contributed by atoms with Gasteiger partial charge in [0.25, 0.3) is 5.91 Å². The summed E-state index contributed by atoms with van der Waals surface area (Å²) in [5, 5.41) is 0. The quantitative estimate of drug-likeness (QED) is 0.772. The summed E-state index contributed by atoms with van der Waals surface area (Å²) in [5.74, 6) is 3.47. The molecule has 1 aromatic heterocycles. The highest BCUT2D eigenvalue weighted by Crippen LogP contribution is 2.15. The van der Waals surface area contributed by atoms with E-state index in [1.54, 1.807) is 6.07 Å². The Morgan fingerprint density at radius 2 is 2.20 bits per heavy atom. The minimum Gasteiger partial charge on any atom is -0.456 e. The van der Waals surface area contributed by atoms with Gasteiger partial charge in [-0.1, -0.05) is 6.92 Å². The fraction of sp³-hybridized carbons (Fsp3) is 0.545. The van der Waals surface area contributed by atoms with Gasteiger partial charge in [-0.2, -0.15) is 11.8 Å². The van der Waals surface area contributed by atoms with Gasteiger partial charge in [-0.3, -0.25) is 4.79 Å². The topological polar surface area (TPSA) is 33.5 Å². The normalized spacial score (nSPS) is 16.7. The van der Waals surface area contributed by atoms with Crippen LogP contribution in [0, 0.1) is 0 Å². The van der Waals surface area contributed by atoms with Crippen molar-refractivity contribution in [3.63, 3.8) is 0 Å². The van der Waals surface area contributed by atoms with Crippen LogP contribution in [0.1, 0.15) is 23.2 Å². The van der Waals surface area contributed by atoms with Gasteiger partial charge >= 0.3 is 0 Å². The molecule has 1 amide bonds. The summed E-state index contributed by atoms with van der Waals surface area (Å²) < 4.78 is 5.45. The molecule has 1 aliphatic rings. The minimum absolute atomic E-state index is 0.0370. The van der Waals surface area contributed by atoms with Crippen LogP contribution in [0.2, 0.25) is 0 Å². The zero-order valence-electron chi connectivity index (χ0n) is 8.86. The molecule has 0 spiro atoms. The molecule has 3 nitrogen and oxygen atoms in total. The number of thioether (sulfide) groups is 1. The number of carbonyl (C=O) groups is 1. The summed E-state index contributed by atoms with van der Waals surface area (Å²) in [5.41, 5.74) is 0. The summed E-state index contributed by atoms with van der Waals surface area (Å²) in [7, 11) is 0. The second-order valence-electron chi connectivity index (χ2n) is 3.52. The maximum Gasteiger partial charge on any atom is 0.289 e. The van der Waals surface area contributed by atoms with E-state index in [0.29, 0.717) is 5.76 Å². The third-order valence-electron chi connectivity index (χ3n) is 2.52. The van der Waals surface area contributed by atoms with Gasteiger partial charge in [-0.15, -0.1) is 0 Å². The van der Waals surface area contributed by atoms with Crippen LogP contribution in [-0.2, 0) is 6.42 Å². The molecule has 1 aromatic rings. The standard InChI is InChI=1S/C11H15NO2S/c1-2-9-3-4-10(14-9)11(13)12-5-7-15-8-6-12/h3-4H,2,5-8H2,1H3. The fourth-order valence-electron chi connectivity index (χ4n) is 1.61. The van der Waals surface area contributed by atoms with Crippen LogP contribution in [0.5, 0.6) is 0 Å². The van der Waals surface area contributed by atoms with Crippen molar-refractivity contribution in [3.8, 4) is 0 Å². The SMILES string of the molecule is CCc1ccc(C(=O)N2CCSCC2)o1. The van der Waals surface area contributed by atoms with Crippen molar-refractivity contribution >= 4 is 17.7 Å². The van der Waals surface area contributed by atoms with E-state index in [1.165, 1.54) is 0 Å². The van der Waals surface area contributed by atoms with Crippen LogP contribution in [0.4, 0.5) is 0 Å². The number of aryl methyl sites for hydroxylation is 1. The first kappa shape index (κ1) is 10.6. The summed E-state index contributed by atoms with van der Waals surface area (Å²) in [4.78, 5) is 13.8. The van der Waals surface area contributed by atoms with Crippen LogP contribution < -0.4 is 0 Å². The Balaban J connectivity index is 2.05. The van der Waals surface area contributed by atoms with Gasteiger partial charge in [0.05, 0.1) is 0 Å². The molecule has 0 aliphatic carbocycles. The van der Waals surface area contributed by atoms with Crippen molar-refractivity contribution in [3.05, 3.63) is 23.7 Å². The van der Waals surface area contributed by atoms with E-state index in [4.69, 9.17) is 4.42 Å². The Bertz CT molecular complexity index is 342. The first-order chi connectivity index (χ1) is 7.31. The van der Waals surface area contributed by atoms with Crippen LogP contribution in [-0.4, -0.2) is 35.4 Å². The van der Waals surface area contributed by atoms with Crippen LogP contribution in [0.3, 0.4) is 0 Å². The molecular weight excluding hydrogens is 210 g/mol. The van der Waals surface area contributed by atoms with Gasteiger partial charge in [-0.25, -0.2) is 0 Å². The number of carbonyl (C=O) groups excluding carboxylic acids is 1. The predicted octanol–water partition coefficient (Wildman–Crippen LogP) is 2.03. The lowest BCUT2D eigenvalue weighted by atomic mass is 10.3. The van der Waals surface area contributed by atoms with E-state index in [9.17, 15) is 4.79 Å². The van der Waals surface area contributed by atoms with Crippen molar-refractivity contribution in [2.45, 2.75) is 13.3 Å². The number of nitrogens with zero attached hydrogens (tertiary/aromatic N) is 1. The molecule has 0 bridgehead atoms. The zero-order chi connectivity index (χ0) is 10.7. The van der Waals surface area contributed by atoms with Crippen molar-refractivity contribution in [1.82, 2.24) is 4.90 Å². The van der Waals surface area contributed by atoms with E-state index in [2.05, 4.69) is 0 Å². The molecular formula is C11H15NO2S. The Labute approximate surface area is 93.8 Å². The predicted molar refractivity (Wildman–Crippen MR) is 61.3 cm³/mol.